The van der Waals surface area contributed by atoms with Crippen LogP contribution in [0.5, 0.6) is 0 Å². The van der Waals surface area contributed by atoms with E-state index in [-0.39, 0.29) is 5.78 Å². The minimum absolute atomic E-state index is 0.0157. The Morgan fingerprint density at radius 2 is 1.67 bits per heavy atom. The molecule has 0 aliphatic carbocycles. The molecule has 0 fully saturated rings. The molecule has 1 aromatic heterocycles. The summed E-state index contributed by atoms with van der Waals surface area (Å²) >= 11 is 7.65. The number of thiophene rings is 1. The summed E-state index contributed by atoms with van der Waals surface area (Å²) in [6.07, 6.45) is 0. The number of hydrogen-bond donors (Lipinski definition) is 0. The first-order valence-corrected chi connectivity index (χ1v) is 6.78. The highest BCUT2D eigenvalue weighted by Gasteiger charge is 2.16. The Morgan fingerprint density at radius 3 is 2.50 bits per heavy atom. The van der Waals surface area contributed by atoms with Crippen molar-refractivity contribution >= 4 is 38.8 Å². The number of carbonyl (C=O) groups is 1. The van der Waals surface area contributed by atoms with Gasteiger partial charge in [0, 0.05) is 26.6 Å². The van der Waals surface area contributed by atoms with E-state index in [0.29, 0.717) is 10.6 Å². The Kier molecular flexibility index (Phi) is 2.90. The molecule has 2 aromatic carbocycles. The van der Waals surface area contributed by atoms with Gasteiger partial charge in [0.2, 0.25) is 0 Å². The smallest absolute Gasteiger partial charge is 0.195 e. The van der Waals surface area contributed by atoms with E-state index in [0.717, 1.165) is 15.6 Å². The van der Waals surface area contributed by atoms with Gasteiger partial charge in [-0.2, -0.15) is 0 Å². The second-order valence-electron chi connectivity index (χ2n) is 3.95. The third-order valence-corrected chi connectivity index (χ3v) is 4.14. The number of benzene rings is 2. The van der Waals surface area contributed by atoms with Crippen molar-refractivity contribution in [1.29, 1.82) is 0 Å². The van der Waals surface area contributed by atoms with Crippen LogP contribution in [0.1, 0.15) is 15.9 Å². The predicted octanol–water partition coefficient (Wildman–Crippen LogP) is 4.79. The van der Waals surface area contributed by atoms with Crippen LogP contribution in [-0.4, -0.2) is 5.78 Å². The maximum atomic E-state index is 12.5. The fourth-order valence-corrected chi connectivity index (χ4v) is 3.11. The van der Waals surface area contributed by atoms with Crippen LogP contribution in [0.3, 0.4) is 0 Å². The van der Waals surface area contributed by atoms with Gasteiger partial charge in [-0.1, -0.05) is 41.9 Å². The molecule has 0 unspecified atom stereocenters. The number of fused-ring (bicyclic) bond motifs is 1. The zero-order valence-corrected chi connectivity index (χ0v) is 11.0. The van der Waals surface area contributed by atoms with Crippen LogP contribution in [0.4, 0.5) is 0 Å². The monoisotopic (exact) mass is 272 g/mol. The highest BCUT2D eigenvalue weighted by atomic mass is 35.5. The van der Waals surface area contributed by atoms with Crippen molar-refractivity contribution in [3.05, 3.63) is 70.1 Å². The fourth-order valence-electron chi connectivity index (χ4n) is 1.94. The van der Waals surface area contributed by atoms with Crippen LogP contribution < -0.4 is 0 Å². The summed E-state index contributed by atoms with van der Waals surface area (Å²) in [5, 5.41) is 3.39. The summed E-state index contributed by atoms with van der Waals surface area (Å²) < 4.78 is 1.12. The Balaban J connectivity index is 2.16. The van der Waals surface area contributed by atoms with Crippen molar-refractivity contribution in [3.8, 4) is 0 Å². The SMILES string of the molecule is O=C(c1ccccc1Cl)c1csc2ccccc12. The van der Waals surface area contributed by atoms with Gasteiger partial charge < -0.3 is 0 Å². The maximum Gasteiger partial charge on any atom is 0.195 e. The minimum Gasteiger partial charge on any atom is -0.289 e. The summed E-state index contributed by atoms with van der Waals surface area (Å²) in [7, 11) is 0. The lowest BCUT2D eigenvalue weighted by molar-refractivity contribution is 0.104. The van der Waals surface area contributed by atoms with Gasteiger partial charge in [0.05, 0.1) is 5.02 Å². The van der Waals surface area contributed by atoms with Crippen molar-refractivity contribution < 1.29 is 4.79 Å². The lowest BCUT2D eigenvalue weighted by atomic mass is 10.0. The highest BCUT2D eigenvalue weighted by molar-refractivity contribution is 7.17. The molecule has 0 saturated carbocycles. The summed E-state index contributed by atoms with van der Waals surface area (Å²) in [5.41, 5.74) is 1.28. The average Bonchev–Trinajstić information content (AvgIpc) is 2.82. The van der Waals surface area contributed by atoms with Crippen LogP contribution in [0.2, 0.25) is 5.02 Å². The fraction of sp³-hybridized carbons (Fsp3) is 0. The van der Waals surface area contributed by atoms with E-state index in [4.69, 9.17) is 11.6 Å². The molecular weight excluding hydrogens is 264 g/mol. The van der Waals surface area contributed by atoms with Crippen LogP contribution in [0.25, 0.3) is 10.1 Å². The predicted molar refractivity (Wildman–Crippen MR) is 76.7 cm³/mol. The minimum atomic E-state index is -0.0157. The third-order valence-electron chi connectivity index (χ3n) is 2.84. The van der Waals surface area contributed by atoms with Gasteiger partial charge >= 0.3 is 0 Å². The van der Waals surface area contributed by atoms with Crippen molar-refractivity contribution in [2.45, 2.75) is 0 Å². The average molecular weight is 273 g/mol. The van der Waals surface area contributed by atoms with Crippen molar-refractivity contribution in [1.82, 2.24) is 0 Å². The molecule has 18 heavy (non-hydrogen) atoms. The molecule has 0 atom stereocenters. The quantitative estimate of drug-likeness (QED) is 0.613. The number of ketones is 1. The molecule has 0 amide bonds. The Bertz CT molecular complexity index is 730. The zero-order valence-electron chi connectivity index (χ0n) is 9.39. The van der Waals surface area contributed by atoms with E-state index in [2.05, 4.69) is 0 Å². The van der Waals surface area contributed by atoms with Crippen LogP contribution in [0.15, 0.2) is 53.9 Å². The lowest BCUT2D eigenvalue weighted by Gasteiger charge is -2.02. The van der Waals surface area contributed by atoms with Gasteiger partial charge in [-0.3, -0.25) is 4.79 Å². The topological polar surface area (TPSA) is 17.1 Å². The molecule has 1 heterocycles. The molecule has 0 aliphatic rings. The molecule has 1 nitrogen and oxygen atoms in total. The molecule has 0 N–H and O–H groups in total. The first kappa shape index (κ1) is 11.5. The van der Waals surface area contributed by atoms with E-state index in [1.807, 2.05) is 41.8 Å². The maximum absolute atomic E-state index is 12.5. The molecule has 0 spiro atoms. The Morgan fingerprint density at radius 1 is 0.944 bits per heavy atom. The van der Waals surface area contributed by atoms with Crippen LogP contribution in [0, 0.1) is 0 Å². The molecular formula is C15H9ClOS. The highest BCUT2D eigenvalue weighted by Crippen LogP contribution is 2.29. The Hall–Kier alpha value is -1.64. The van der Waals surface area contributed by atoms with Gasteiger partial charge in [0.25, 0.3) is 0 Å². The van der Waals surface area contributed by atoms with Crippen molar-refractivity contribution in [3.63, 3.8) is 0 Å². The molecule has 88 valence electrons. The third kappa shape index (κ3) is 1.84. The van der Waals surface area contributed by atoms with E-state index < -0.39 is 0 Å². The van der Waals surface area contributed by atoms with Gasteiger partial charge in [-0.25, -0.2) is 0 Å². The number of carbonyl (C=O) groups excluding carboxylic acids is 1. The van der Waals surface area contributed by atoms with Crippen LogP contribution in [-0.2, 0) is 0 Å². The molecule has 0 radical (unpaired) electrons. The molecule has 3 rings (SSSR count). The van der Waals surface area contributed by atoms with Gasteiger partial charge in [0.1, 0.15) is 0 Å². The second kappa shape index (κ2) is 4.56. The first-order valence-electron chi connectivity index (χ1n) is 5.53. The van der Waals surface area contributed by atoms with Gasteiger partial charge in [-0.05, 0) is 18.2 Å². The summed E-state index contributed by atoms with van der Waals surface area (Å²) in [4.78, 5) is 12.5. The van der Waals surface area contributed by atoms with Gasteiger partial charge in [-0.15, -0.1) is 11.3 Å². The molecule has 3 aromatic rings. The molecule has 3 heteroatoms. The van der Waals surface area contributed by atoms with E-state index >= 15 is 0 Å². The van der Waals surface area contributed by atoms with Crippen LogP contribution >= 0.6 is 22.9 Å². The largest absolute Gasteiger partial charge is 0.289 e. The summed E-state index contributed by atoms with van der Waals surface area (Å²) in [5.74, 6) is -0.0157. The summed E-state index contributed by atoms with van der Waals surface area (Å²) in [6.45, 7) is 0. The molecule has 0 saturated heterocycles. The van der Waals surface area contributed by atoms with E-state index in [9.17, 15) is 4.79 Å². The number of hydrogen-bond acceptors (Lipinski definition) is 2. The Labute approximate surface area is 114 Å². The van der Waals surface area contributed by atoms with Crippen molar-refractivity contribution in [2.75, 3.05) is 0 Å². The lowest BCUT2D eigenvalue weighted by Crippen LogP contribution is -2.00. The first-order chi connectivity index (χ1) is 8.77. The standard InChI is InChI=1S/C15H9ClOS/c16-13-7-3-1-6-11(13)15(17)12-9-18-14-8-4-2-5-10(12)14/h1-9H. The van der Waals surface area contributed by atoms with Crippen molar-refractivity contribution in [2.24, 2.45) is 0 Å². The molecule has 0 aliphatic heterocycles. The second-order valence-corrected chi connectivity index (χ2v) is 5.27. The summed E-state index contributed by atoms with van der Waals surface area (Å²) in [6, 6.07) is 15.1. The number of rotatable bonds is 2. The molecule has 0 bridgehead atoms. The van der Waals surface area contributed by atoms with E-state index in [1.165, 1.54) is 0 Å². The number of halogens is 1. The van der Waals surface area contributed by atoms with E-state index in [1.54, 1.807) is 23.5 Å². The van der Waals surface area contributed by atoms with Gasteiger partial charge in [0.15, 0.2) is 5.78 Å². The zero-order chi connectivity index (χ0) is 12.5. The normalized spacial score (nSPS) is 10.7.